The van der Waals surface area contributed by atoms with E-state index < -0.39 is 17.4 Å². The number of anilines is 1. The first-order valence-electron chi connectivity index (χ1n) is 11.0. The Labute approximate surface area is 195 Å². The molecule has 2 heterocycles. The van der Waals surface area contributed by atoms with Crippen LogP contribution in [0.4, 0.5) is 5.69 Å². The first kappa shape index (κ1) is 20.2. The normalized spacial score (nSPS) is 20.6. The minimum Gasteiger partial charge on any atom is -0.497 e. The summed E-state index contributed by atoms with van der Waals surface area (Å²) in [5, 5.41) is 9.18. The van der Waals surface area contributed by atoms with E-state index in [1.54, 1.807) is 37.4 Å². The highest BCUT2D eigenvalue weighted by Crippen LogP contribution is 2.49. The van der Waals surface area contributed by atoms with Crippen LogP contribution in [0, 0.1) is 5.92 Å². The molecule has 4 aromatic carbocycles. The third-order valence-corrected chi connectivity index (χ3v) is 6.56. The number of amides is 1. The van der Waals surface area contributed by atoms with Crippen LogP contribution in [0.15, 0.2) is 96.2 Å². The Hall–Kier alpha value is -4.45. The van der Waals surface area contributed by atoms with E-state index in [1.165, 1.54) is 0 Å². The van der Waals surface area contributed by atoms with Gasteiger partial charge in [0, 0.05) is 22.4 Å². The third kappa shape index (κ3) is 2.85. The topological polar surface area (TPSA) is 77.0 Å². The first-order chi connectivity index (χ1) is 16.6. The van der Waals surface area contributed by atoms with Crippen LogP contribution in [0.3, 0.4) is 0 Å². The maximum absolute atomic E-state index is 14.1. The summed E-state index contributed by atoms with van der Waals surface area (Å²) in [6, 6.07) is 27.9. The van der Waals surface area contributed by atoms with Crippen molar-refractivity contribution in [3.63, 3.8) is 0 Å². The number of Topliss-reactive ketones (excluding diaryl/α,β-unsaturated/α-hetero) is 1. The van der Waals surface area contributed by atoms with Crippen molar-refractivity contribution in [1.29, 1.82) is 0 Å². The number of fused-ring (bicyclic) bond motifs is 3. The lowest BCUT2D eigenvalue weighted by atomic mass is 9.74. The predicted octanol–water partition coefficient (Wildman–Crippen LogP) is 4.93. The molecule has 6 nitrogen and oxygen atoms in total. The molecular weight excluding hydrogens is 428 g/mol. The number of carbonyl (C=O) groups excluding carboxylic acids is 2. The summed E-state index contributed by atoms with van der Waals surface area (Å²) in [7, 11) is 1.59. The van der Waals surface area contributed by atoms with Gasteiger partial charge < -0.3 is 14.9 Å². The molecule has 4 aromatic rings. The molecule has 1 spiro atoms. The fraction of sp³-hybridized carbons (Fsp3) is 0.107. The second-order valence-electron chi connectivity index (χ2n) is 8.39. The van der Waals surface area contributed by atoms with E-state index in [-0.39, 0.29) is 5.78 Å². The Balaban J connectivity index is 1.52. The number of methoxy groups -OCH3 is 1. The zero-order valence-corrected chi connectivity index (χ0v) is 18.3. The molecule has 6 rings (SSSR count). The summed E-state index contributed by atoms with van der Waals surface area (Å²) in [6.45, 7) is 0. The van der Waals surface area contributed by atoms with Crippen molar-refractivity contribution in [2.45, 2.75) is 5.60 Å². The fourth-order valence-corrected chi connectivity index (χ4v) is 4.85. The molecule has 0 saturated heterocycles. The average molecular weight is 448 g/mol. The number of ketones is 1. The van der Waals surface area contributed by atoms with Gasteiger partial charge in [0.05, 0.1) is 7.11 Å². The Kier molecular flexibility index (Phi) is 4.48. The molecule has 0 radical (unpaired) electrons. The van der Waals surface area contributed by atoms with Crippen molar-refractivity contribution in [3.05, 3.63) is 108 Å². The zero-order valence-electron chi connectivity index (χ0n) is 18.3. The van der Waals surface area contributed by atoms with Gasteiger partial charge in [0.1, 0.15) is 17.4 Å². The molecular formula is C28H20N2O4. The van der Waals surface area contributed by atoms with Crippen molar-refractivity contribution >= 4 is 33.9 Å². The molecule has 1 amide bonds. The number of benzene rings is 4. The third-order valence-electron chi connectivity index (χ3n) is 6.56. The van der Waals surface area contributed by atoms with Gasteiger partial charge in [-0.25, -0.2) is 0 Å². The maximum atomic E-state index is 14.1. The van der Waals surface area contributed by atoms with Crippen LogP contribution in [0.5, 0.6) is 5.75 Å². The van der Waals surface area contributed by atoms with Crippen LogP contribution in [0.2, 0.25) is 0 Å². The second-order valence-corrected chi connectivity index (χ2v) is 8.39. The number of nitrogens with zero attached hydrogens (tertiary/aromatic N) is 1. The molecule has 0 fully saturated rings. The van der Waals surface area contributed by atoms with Crippen molar-refractivity contribution in [1.82, 2.24) is 0 Å². The van der Waals surface area contributed by atoms with Crippen LogP contribution in [0.25, 0.3) is 10.8 Å². The van der Waals surface area contributed by atoms with Crippen LogP contribution < -0.4 is 10.1 Å². The van der Waals surface area contributed by atoms with Gasteiger partial charge in [-0.15, -0.1) is 0 Å². The molecule has 0 saturated carbocycles. The quantitative estimate of drug-likeness (QED) is 0.449. The van der Waals surface area contributed by atoms with E-state index in [0.29, 0.717) is 33.8 Å². The molecule has 2 aliphatic heterocycles. The number of rotatable bonds is 4. The van der Waals surface area contributed by atoms with Gasteiger partial charge in [-0.3, -0.25) is 9.59 Å². The van der Waals surface area contributed by atoms with Crippen LogP contribution in [0.1, 0.15) is 21.5 Å². The van der Waals surface area contributed by atoms with E-state index in [0.717, 1.165) is 10.8 Å². The van der Waals surface area contributed by atoms with E-state index in [1.807, 2.05) is 60.7 Å². The highest BCUT2D eigenvalue weighted by atomic mass is 16.7. The number of hydrogen-bond donors (Lipinski definition) is 1. The Morgan fingerprint density at radius 2 is 1.68 bits per heavy atom. The minimum atomic E-state index is -1.57. The summed E-state index contributed by atoms with van der Waals surface area (Å²) >= 11 is 0. The van der Waals surface area contributed by atoms with Crippen LogP contribution in [-0.2, 0) is 15.2 Å². The summed E-state index contributed by atoms with van der Waals surface area (Å²) in [6.07, 6.45) is 0. The number of para-hydroxylation sites is 1. The van der Waals surface area contributed by atoms with E-state index in [4.69, 9.17) is 9.57 Å². The number of hydrogen-bond acceptors (Lipinski definition) is 5. The Morgan fingerprint density at radius 3 is 2.47 bits per heavy atom. The van der Waals surface area contributed by atoms with E-state index in [9.17, 15) is 9.59 Å². The maximum Gasteiger partial charge on any atom is 0.277 e. The lowest BCUT2D eigenvalue weighted by Crippen LogP contribution is -2.46. The standard InChI is InChI=1S/C28H20N2O4/c1-33-21-14-12-18(13-15-21)25-24(26(31)20-11-10-17-6-2-3-7-19(17)16-20)28(34-30-25)22-8-4-5-9-23(22)29-27(28)32/h2-16,24H,1H3,(H,29,32)/t24-,28+/m1/s1. The molecule has 2 aliphatic rings. The molecule has 2 atom stereocenters. The lowest BCUT2D eigenvalue weighted by molar-refractivity contribution is -0.140. The second kappa shape index (κ2) is 7.56. The SMILES string of the molecule is COc1ccc(C2=NO[C@]3(C(=O)Nc4ccccc43)[C@H]2C(=O)c2ccc3ccccc3c2)cc1. The van der Waals surface area contributed by atoms with Gasteiger partial charge in [0.25, 0.3) is 11.5 Å². The predicted molar refractivity (Wildman–Crippen MR) is 129 cm³/mol. The van der Waals surface area contributed by atoms with Crippen molar-refractivity contribution in [3.8, 4) is 5.75 Å². The van der Waals surface area contributed by atoms with Crippen molar-refractivity contribution < 1.29 is 19.2 Å². The van der Waals surface area contributed by atoms with Gasteiger partial charge >= 0.3 is 0 Å². The fourth-order valence-electron chi connectivity index (χ4n) is 4.85. The van der Waals surface area contributed by atoms with Gasteiger partial charge in [-0.2, -0.15) is 0 Å². The molecule has 0 unspecified atom stereocenters. The monoisotopic (exact) mass is 448 g/mol. The number of ether oxygens (including phenoxy) is 1. The molecule has 0 aliphatic carbocycles. The number of carbonyl (C=O) groups is 2. The van der Waals surface area contributed by atoms with Gasteiger partial charge in [0.2, 0.25) is 0 Å². The number of oxime groups is 1. The number of nitrogens with one attached hydrogen (secondary N) is 1. The van der Waals surface area contributed by atoms with Crippen molar-refractivity contribution in [2.75, 3.05) is 12.4 Å². The van der Waals surface area contributed by atoms with E-state index in [2.05, 4.69) is 10.5 Å². The summed E-state index contributed by atoms with van der Waals surface area (Å²) in [4.78, 5) is 33.5. The molecule has 34 heavy (non-hydrogen) atoms. The molecule has 166 valence electrons. The molecule has 6 heteroatoms. The summed E-state index contributed by atoms with van der Waals surface area (Å²) in [5.41, 5.74) is 1.24. The highest BCUT2D eigenvalue weighted by molar-refractivity contribution is 6.25. The summed E-state index contributed by atoms with van der Waals surface area (Å²) < 4.78 is 5.27. The lowest BCUT2D eigenvalue weighted by Gasteiger charge is -2.26. The van der Waals surface area contributed by atoms with E-state index >= 15 is 0 Å². The van der Waals surface area contributed by atoms with Gasteiger partial charge in [-0.05, 0) is 47.2 Å². The molecule has 1 N–H and O–H groups in total. The average Bonchev–Trinajstić information content (AvgIpc) is 3.42. The largest absolute Gasteiger partial charge is 0.497 e. The van der Waals surface area contributed by atoms with Crippen LogP contribution >= 0.6 is 0 Å². The highest BCUT2D eigenvalue weighted by Gasteiger charge is 2.63. The van der Waals surface area contributed by atoms with Crippen molar-refractivity contribution in [2.24, 2.45) is 11.1 Å². The first-order valence-corrected chi connectivity index (χ1v) is 11.0. The Morgan fingerprint density at radius 1 is 0.941 bits per heavy atom. The van der Waals surface area contributed by atoms with Gasteiger partial charge in [0.15, 0.2) is 5.78 Å². The molecule has 0 aromatic heterocycles. The van der Waals surface area contributed by atoms with Gasteiger partial charge in [-0.1, -0.05) is 59.8 Å². The van der Waals surface area contributed by atoms with Crippen LogP contribution in [-0.4, -0.2) is 24.5 Å². The minimum absolute atomic E-state index is 0.232. The zero-order chi connectivity index (χ0) is 23.3. The summed E-state index contributed by atoms with van der Waals surface area (Å²) in [5.74, 6) is -0.921. The smallest absolute Gasteiger partial charge is 0.277 e. The molecule has 0 bridgehead atoms. The Bertz CT molecular complexity index is 1490.